The lowest BCUT2D eigenvalue weighted by molar-refractivity contribution is -0.148. The number of rotatable bonds is 7. The van der Waals surface area contributed by atoms with Crippen LogP contribution in [-0.4, -0.2) is 38.1 Å². The van der Waals surface area contributed by atoms with Gasteiger partial charge in [0.15, 0.2) is 0 Å². The van der Waals surface area contributed by atoms with E-state index in [9.17, 15) is 14.4 Å². The monoisotopic (exact) mass is 357 g/mol. The van der Waals surface area contributed by atoms with Gasteiger partial charge in [-0.25, -0.2) is 4.79 Å². The molecule has 2 atom stereocenters. The second kappa shape index (κ2) is 8.99. The summed E-state index contributed by atoms with van der Waals surface area (Å²) in [5, 5.41) is 4.79. The third kappa shape index (κ3) is 5.05. The molecule has 6 nitrogen and oxygen atoms in total. The molecule has 0 spiro atoms. The van der Waals surface area contributed by atoms with Gasteiger partial charge in [-0.05, 0) is 22.8 Å². The van der Waals surface area contributed by atoms with Crippen molar-refractivity contribution in [3.8, 4) is 0 Å². The van der Waals surface area contributed by atoms with Gasteiger partial charge >= 0.3 is 11.9 Å². The second-order valence-electron chi connectivity index (χ2n) is 6.16. The lowest BCUT2D eigenvalue weighted by atomic mass is 10.0. The highest BCUT2D eigenvalue weighted by Gasteiger charge is 2.27. The van der Waals surface area contributed by atoms with Crippen LogP contribution in [0.25, 0.3) is 10.8 Å². The smallest absolute Gasteiger partial charge is 0.328 e. The van der Waals surface area contributed by atoms with Crippen LogP contribution in [0, 0.1) is 5.92 Å². The topological polar surface area (TPSA) is 81.7 Å². The highest BCUT2D eigenvalue weighted by Crippen LogP contribution is 2.16. The van der Waals surface area contributed by atoms with E-state index in [-0.39, 0.29) is 18.7 Å². The molecule has 1 N–H and O–H groups in total. The summed E-state index contributed by atoms with van der Waals surface area (Å²) in [5.41, 5.74) is 0.839. The van der Waals surface area contributed by atoms with Crippen molar-refractivity contribution in [3.05, 3.63) is 48.0 Å². The fourth-order valence-corrected chi connectivity index (χ4v) is 2.79. The van der Waals surface area contributed by atoms with Gasteiger partial charge in [0.2, 0.25) is 5.91 Å². The Morgan fingerprint density at radius 3 is 2.27 bits per heavy atom. The third-order valence-electron chi connectivity index (χ3n) is 4.19. The first kappa shape index (κ1) is 19.4. The normalized spacial score (nSPS) is 12.9. The zero-order valence-electron chi connectivity index (χ0n) is 15.2. The summed E-state index contributed by atoms with van der Waals surface area (Å²) in [4.78, 5) is 35.9. The van der Waals surface area contributed by atoms with Crippen LogP contribution in [0.2, 0.25) is 0 Å². The summed E-state index contributed by atoms with van der Waals surface area (Å²) in [6, 6.07) is 12.8. The van der Waals surface area contributed by atoms with E-state index in [4.69, 9.17) is 4.74 Å². The number of amides is 1. The van der Waals surface area contributed by atoms with Crippen LogP contribution in [0.1, 0.15) is 18.9 Å². The van der Waals surface area contributed by atoms with E-state index in [0.717, 1.165) is 16.3 Å². The van der Waals surface area contributed by atoms with Gasteiger partial charge < -0.3 is 14.8 Å². The first-order chi connectivity index (χ1) is 12.4. The van der Waals surface area contributed by atoms with E-state index in [2.05, 4.69) is 10.1 Å². The van der Waals surface area contributed by atoms with Crippen molar-refractivity contribution in [3.63, 3.8) is 0 Å². The Morgan fingerprint density at radius 2 is 1.62 bits per heavy atom. The maximum absolute atomic E-state index is 12.4. The van der Waals surface area contributed by atoms with Crippen LogP contribution in [0.5, 0.6) is 0 Å². The minimum atomic E-state index is -0.901. The highest BCUT2D eigenvalue weighted by molar-refractivity contribution is 5.88. The SMILES string of the molecule is COC(=O)[C@H](C[C@H](C)C(=O)OC)NC(=O)Cc1ccc2ccccc2c1. The largest absolute Gasteiger partial charge is 0.469 e. The van der Waals surface area contributed by atoms with Crippen molar-refractivity contribution in [2.24, 2.45) is 5.92 Å². The Labute approximate surface area is 152 Å². The molecule has 0 saturated heterocycles. The van der Waals surface area contributed by atoms with Crippen molar-refractivity contribution in [2.45, 2.75) is 25.8 Å². The number of esters is 2. The number of ether oxygens (including phenoxy) is 2. The molecule has 0 aliphatic carbocycles. The third-order valence-corrected chi connectivity index (χ3v) is 4.19. The van der Waals surface area contributed by atoms with Crippen LogP contribution in [0.3, 0.4) is 0 Å². The van der Waals surface area contributed by atoms with E-state index in [1.54, 1.807) is 6.92 Å². The summed E-state index contributed by atoms with van der Waals surface area (Å²) in [5.74, 6) is -1.88. The van der Waals surface area contributed by atoms with E-state index in [1.165, 1.54) is 14.2 Å². The maximum atomic E-state index is 12.4. The summed E-state index contributed by atoms with van der Waals surface area (Å²) in [6.07, 6.45) is 0.244. The minimum absolute atomic E-state index is 0.114. The molecule has 0 aliphatic rings. The fraction of sp³-hybridized carbons (Fsp3) is 0.350. The predicted octanol–water partition coefficient (Wildman–Crippen LogP) is 2.24. The zero-order valence-corrected chi connectivity index (χ0v) is 15.2. The van der Waals surface area contributed by atoms with Crippen molar-refractivity contribution in [1.29, 1.82) is 0 Å². The molecular weight excluding hydrogens is 334 g/mol. The molecule has 0 fully saturated rings. The standard InChI is InChI=1S/C20H23NO5/c1-13(19(23)25-2)10-17(20(24)26-3)21-18(22)12-14-8-9-15-6-4-5-7-16(15)11-14/h4-9,11,13,17H,10,12H2,1-3H3,(H,21,22)/t13-,17-/m0/s1. The molecule has 138 valence electrons. The Kier molecular flexibility index (Phi) is 6.72. The van der Waals surface area contributed by atoms with Crippen molar-refractivity contribution in [1.82, 2.24) is 5.32 Å². The Balaban J connectivity index is 2.05. The van der Waals surface area contributed by atoms with Gasteiger partial charge in [0.1, 0.15) is 6.04 Å². The molecule has 26 heavy (non-hydrogen) atoms. The highest BCUT2D eigenvalue weighted by atomic mass is 16.5. The molecule has 0 heterocycles. The van der Waals surface area contributed by atoms with Crippen LogP contribution in [0.4, 0.5) is 0 Å². The van der Waals surface area contributed by atoms with Gasteiger partial charge in [-0.15, -0.1) is 0 Å². The molecule has 0 radical (unpaired) electrons. The van der Waals surface area contributed by atoms with Crippen LogP contribution in [0.15, 0.2) is 42.5 Å². The van der Waals surface area contributed by atoms with Crippen molar-refractivity contribution < 1.29 is 23.9 Å². The molecule has 0 aliphatic heterocycles. The fourth-order valence-electron chi connectivity index (χ4n) is 2.79. The molecule has 1 amide bonds. The Morgan fingerprint density at radius 1 is 0.962 bits per heavy atom. The van der Waals surface area contributed by atoms with E-state index >= 15 is 0 Å². The van der Waals surface area contributed by atoms with Gasteiger partial charge in [0.05, 0.1) is 26.6 Å². The van der Waals surface area contributed by atoms with Gasteiger partial charge in [0, 0.05) is 0 Å². The van der Waals surface area contributed by atoms with Gasteiger partial charge in [0.25, 0.3) is 0 Å². The number of hydrogen-bond acceptors (Lipinski definition) is 5. The van der Waals surface area contributed by atoms with Gasteiger partial charge in [-0.3, -0.25) is 9.59 Å². The summed E-state index contributed by atoms with van der Waals surface area (Å²) in [6.45, 7) is 1.64. The zero-order chi connectivity index (χ0) is 19.1. The molecule has 2 aromatic rings. The molecule has 0 bridgehead atoms. The van der Waals surface area contributed by atoms with Crippen LogP contribution >= 0.6 is 0 Å². The summed E-state index contributed by atoms with van der Waals surface area (Å²) >= 11 is 0. The average molecular weight is 357 g/mol. The first-order valence-corrected chi connectivity index (χ1v) is 8.37. The van der Waals surface area contributed by atoms with E-state index < -0.39 is 23.9 Å². The summed E-state index contributed by atoms with van der Waals surface area (Å²) < 4.78 is 9.39. The Bertz CT molecular complexity index is 802. The number of methoxy groups -OCH3 is 2. The molecule has 0 aromatic heterocycles. The van der Waals surface area contributed by atoms with Crippen LogP contribution < -0.4 is 5.32 Å². The number of nitrogens with one attached hydrogen (secondary N) is 1. The average Bonchev–Trinajstić information content (AvgIpc) is 2.65. The number of fused-ring (bicyclic) bond motifs is 1. The number of hydrogen-bond donors (Lipinski definition) is 1. The number of carbonyl (C=O) groups excluding carboxylic acids is 3. The maximum Gasteiger partial charge on any atom is 0.328 e. The second-order valence-corrected chi connectivity index (χ2v) is 6.16. The first-order valence-electron chi connectivity index (χ1n) is 8.37. The molecule has 2 aromatic carbocycles. The number of carbonyl (C=O) groups is 3. The summed E-state index contributed by atoms with van der Waals surface area (Å²) in [7, 11) is 2.53. The number of benzene rings is 2. The molecule has 0 saturated carbocycles. The molecule has 0 unspecified atom stereocenters. The van der Waals surface area contributed by atoms with Crippen molar-refractivity contribution in [2.75, 3.05) is 14.2 Å². The predicted molar refractivity (Wildman–Crippen MR) is 97.4 cm³/mol. The van der Waals surface area contributed by atoms with Gasteiger partial charge in [-0.2, -0.15) is 0 Å². The molecular formula is C20H23NO5. The molecule has 2 rings (SSSR count). The lowest BCUT2D eigenvalue weighted by Crippen LogP contribution is -2.44. The van der Waals surface area contributed by atoms with E-state index in [1.807, 2.05) is 42.5 Å². The minimum Gasteiger partial charge on any atom is -0.469 e. The molecule has 6 heteroatoms. The van der Waals surface area contributed by atoms with Gasteiger partial charge in [-0.1, -0.05) is 49.4 Å². The Hall–Kier alpha value is -2.89. The lowest BCUT2D eigenvalue weighted by Gasteiger charge is -2.19. The van der Waals surface area contributed by atoms with E-state index in [0.29, 0.717) is 0 Å². The van der Waals surface area contributed by atoms with Crippen LogP contribution in [-0.2, 0) is 30.3 Å². The van der Waals surface area contributed by atoms with Crippen molar-refractivity contribution >= 4 is 28.6 Å². The quantitative estimate of drug-likeness (QED) is 0.769.